The fourth-order valence-corrected chi connectivity index (χ4v) is 3.38. The normalized spacial score (nSPS) is 14.2. The molecule has 2 aromatic rings. The van der Waals surface area contributed by atoms with E-state index in [1.54, 1.807) is 6.33 Å². The minimum Gasteiger partial charge on any atom is -0.373 e. The summed E-state index contributed by atoms with van der Waals surface area (Å²) in [5, 5.41) is 5.36. The lowest BCUT2D eigenvalue weighted by Gasteiger charge is -2.26. The number of nitrogens with one attached hydrogen (secondary N) is 1. The molecule has 2 heterocycles. The van der Waals surface area contributed by atoms with Gasteiger partial charge in [-0.25, -0.2) is 9.97 Å². The van der Waals surface area contributed by atoms with Crippen LogP contribution < -0.4 is 10.2 Å². The van der Waals surface area contributed by atoms with Crippen molar-refractivity contribution in [1.29, 1.82) is 0 Å². The number of rotatable bonds is 7. The van der Waals surface area contributed by atoms with E-state index in [9.17, 15) is 0 Å². The largest absolute Gasteiger partial charge is 0.373 e. The number of thiophene rings is 1. The molecule has 0 bridgehead atoms. The van der Waals surface area contributed by atoms with Gasteiger partial charge in [-0.1, -0.05) is 19.4 Å². The number of hydrogen-bond acceptors (Lipinski definition) is 5. The van der Waals surface area contributed by atoms with Crippen molar-refractivity contribution < 1.29 is 0 Å². The molecule has 1 aliphatic rings. The van der Waals surface area contributed by atoms with E-state index in [4.69, 9.17) is 0 Å². The Kier molecular flexibility index (Phi) is 4.39. The Labute approximate surface area is 130 Å². The summed E-state index contributed by atoms with van der Waals surface area (Å²) < 4.78 is 0. The predicted octanol–water partition coefficient (Wildman–Crippen LogP) is 3.70. The lowest BCUT2D eigenvalue weighted by atomic mass is 10.1. The SMILES string of the molecule is CCCc1c(NC)ncnc1N(Cc1cccs1)C1CC1. The molecule has 3 rings (SSSR count). The number of anilines is 2. The monoisotopic (exact) mass is 302 g/mol. The third kappa shape index (κ3) is 3.18. The highest BCUT2D eigenvalue weighted by molar-refractivity contribution is 7.09. The number of aromatic nitrogens is 2. The first kappa shape index (κ1) is 14.3. The van der Waals surface area contributed by atoms with Gasteiger partial charge in [0.2, 0.25) is 0 Å². The van der Waals surface area contributed by atoms with Gasteiger partial charge in [0.25, 0.3) is 0 Å². The predicted molar refractivity (Wildman–Crippen MR) is 89.1 cm³/mol. The van der Waals surface area contributed by atoms with Crippen LogP contribution in [0.25, 0.3) is 0 Å². The molecule has 4 nitrogen and oxygen atoms in total. The van der Waals surface area contributed by atoms with Crippen LogP contribution in [0.4, 0.5) is 11.6 Å². The second kappa shape index (κ2) is 6.43. The summed E-state index contributed by atoms with van der Waals surface area (Å²) >= 11 is 1.82. The zero-order valence-corrected chi connectivity index (χ0v) is 13.5. The molecule has 112 valence electrons. The molecule has 2 aromatic heterocycles. The minimum atomic E-state index is 0.641. The molecule has 0 atom stereocenters. The minimum absolute atomic E-state index is 0.641. The highest BCUT2D eigenvalue weighted by Gasteiger charge is 2.32. The second-order valence-corrected chi connectivity index (χ2v) is 6.50. The highest BCUT2D eigenvalue weighted by Crippen LogP contribution is 2.36. The molecule has 21 heavy (non-hydrogen) atoms. The van der Waals surface area contributed by atoms with Crippen molar-refractivity contribution in [2.45, 2.75) is 45.2 Å². The topological polar surface area (TPSA) is 41.1 Å². The van der Waals surface area contributed by atoms with Crippen LogP contribution in [0.2, 0.25) is 0 Å². The smallest absolute Gasteiger partial charge is 0.137 e. The maximum absolute atomic E-state index is 4.63. The maximum atomic E-state index is 4.63. The summed E-state index contributed by atoms with van der Waals surface area (Å²) in [5.41, 5.74) is 1.26. The molecule has 0 spiro atoms. The summed E-state index contributed by atoms with van der Waals surface area (Å²) in [6.07, 6.45) is 6.35. The molecule has 0 unspecified atom stereocenters. The Bertz CT molecular complexity index is 578. The summed E-state index contributed by atoms with van der Waals surface area (Å²) in [6, 6.07) is 4.97. The van der Waals surface area contributed by atoms with Crippen molar-refractivity contribution in [2.24, 2.45) is 0 Å². The van der Waals surface area contributed by atoms with Crippen LogP contribution in [0.1, 0.15) is 36.6 Å². The van der Waals surface area contributed by atoms with Crippen LogP contribution in [0.15, 0.2) is 23.8 Å². The van der Waals surface area contributed by atoms with Crippen molar-refractivity contribution in [3.63, 3.8) is 0 Å². The fourth-order valence-electron chi connectivity index (χ4n) is 2.68. The van der Waals surface area contributed by atoms with Gasteiger partial charge in [0.15, 0.2) is 0 Å². The second-order valence-electron chi connectivity index (χ2n) is 5.46. The highest BCUT2D eigenvalue weighted by atomic mass is 32.1. The zero-order valence-electron chi connectivity index (χ0n) is 12.7. The molecule has 1 N–H and O–H groups in total. The quantitative estimate of drug-likeness (QED) is 0.846. The van der Waals surface area contributed by atoms with Crippen LogP contribution in [-0.2, 0) is 13.0 Å². The molecule has 0 aromatic carbocycles. The lowest BCUT2D eigenvalue weighted by Crippen LogP contribution is -2.27. The molecule has 0 radical (unpaired) electrons. The molecule has 1 fully saturated rings. The molecule has 1 saturated carbocycles. The van der Waals surface area contributed by atoms with E-state index >= 15 is 0 Å². The standard InChI is InChI=1S/C16H22N4S/c1-3-5-14-15(17-2)18-11-19-16(14)20(12-7-8-12)10-13-6-4-9-21-13/h4,6,9,11-12H,3,5,7-8,10H2,1-2H3,(H,17,18,19). The Morgan fingerprint density at radius 2 is 2.24 bits per heavy atom. The lowest BCUT2D eigenvalue weighted by molar-refractivity contribution is 0.766. The van der Waals surface area contributed by atoms with Crippen LogP contribution in [0, 0.1) is 0 Å². The summed E-state index contributed by atoms with van der Waals surface area (Å²) in [6.45, 7) is 3.16. The van der Waals surface area contributed by atoms with Crippen LogP contribution in [-0.4, -0.2) is 23.1 Å². The zero-order chi connectivity index (χ0) is 14.7. The van der Waals surface area contributed by atoms with Gasteiger partial charge in [-0.15, -0.1) is 11.3 Å². The third-order valence-corrected chi connectivity index (χ3v) is 4.69. The van der Waals surface area contributed by atoms with Crippen LogP contribution in [0.3, 0.4) is 0 Å². The van der Waals surface area contributed by atoms with Gasteiger partial charge in [0.05, 0.1) is 6.54 Å². The summed E-state index contributed by atoms with van der Waals surface area (Å²) in [4.78, 5) is 12.9. The Morgan fingerprint density at radius 3 is 2.86 bits per heavy atom. The van der Waals surface area contributed by atoms with Crippen molar-refractivity contribution in [2.75, 3.05) is 17.3 Å². The Morgan fingerprint density at radius 1 is 1.38 bits per heavy atom. The first-order chi connectivity index (χ1) is 10.3. The van der Waals surface area contributed by atoms with E-state index < -0.39 is 0 Å². The van der Waals surface area contributed by atoms with Crippen molar-refractivity contribution in [1.82, 2.24) is 9.97 Å². The Hall–Kier alpha value is -1.62. The van der Waals surface area contributed by atoms with E-state index in [1.807, 2.05) is 18.4 Å². The number of hydrogen-bond donors (Lipinski definition) is 1. The Balaban J connectivity index is 1.94. The van der Waals surface area contributed by atoms with Crippen molar-refractivity contribution >= 4 is 23.0 Å². The fraction of sp³-hybridized carbons (Fsp3) is 0.500. The molecule has 1 aliphatic carbocycles. The van der Waals surface area contributed by atoms with E-state index in [0.717, 1.165) is 31.0 Å². The van der Waals surface area contributed by atoms with E-state index in [0.29, 0.717) is 6.04 Å². The first-order valence-electron chi connectivity index (χ1n) is 7.64. The molecule has 0 saturated heterocycles. The van der Waals surface area contributed by atoms with Gasteiger partial charge < -0.3 is 10.2 Å². The van der Waals surface area contributed by atoms with E-state index in [2.05, 4.69) is 44.6 Å². The van der Waals surface area contributed by atoms with Crippen molar-refractivity contribution in [3.8, 4) is 0 Å². The van der Waals surface area contributed by atoms with E-state index in [-0.39, 0.29) is 0 Å². The van der Waals surface area contributed by atoms with Gasteiger partial charge in [0.1, 0.15) is 18.0 Å². The van der Waals surface area contributed by atoms with Crippen molar-refractivity contribution in [3.05, 3.63) is 34.3 Å². The van der Waals surface area contributed by atoms with Gasteiger partial charge in [-0.05, 0) is 30.7 Å². The summed E-state index contributed by atoms with van der Waals surface area (Å²) in [5.74, 6) is 2.09. The van der Waals surface area contributed by atoms with Gasteiger partial charge in [0, 0.05) is 23.5 Å². The molecule has 5 heteroatoms. The van der Waals surface area contributed by atoms with Gasteiger partial charge in [-0.2, -0.15) is 0 Å². The third-order valence-electron chi connectivity index (χ3n) is 3.83. The molecular weight excluding hydrogens is 280 g/mol. The average Bonchev–Trinajstić information content (AvgIpc) is 3.22. The van der Waals surface area contributed by atoms with Gasteiger partial charge >= 0.3 is 0 Å². The van der Waals surface area contributed by atoms with E-state index in [1.165, 1.54) is 23.3 Å². The van der Waals surface area contributed by atoms with Crippen LogP contribution >= 0.6 is 11.3 Å². The summed E-state index contributed by atoms with van der Waals surface area (Å²) in [7, 11) is 1.94. The average molecular weight is 302 g/mol. The van der Waals surface area contributed by atoms with Gasteiger partial charge in [-0.3, -0.25) is 0 Å². The first-order valence-corrected chi connectivity index (χ1v) is 8.52. The molecule has 0 aliphatic heterocycles. The molecule has 0 amide bonds. The molecular formula is C16H22N4S. The number of nitrogens with zero attached hydrogens (tertiary/aromatic N) is 3. The van der Waals surface area contributed by atoms with Crippen LogP contribution in [0.5, 0.6) is 0 Å². The maximum Gasteiger partial charge on any atom is 0.137 e.